The SMILES string of the molecule is COC(CNCCCN1CCC2(CC2)[C@H](O)C1)OC. The van der Waals surface area contributed by atoms with Crippen molar-refractivity contribution in [3.8, 4) is 0 Å². The molecule has 1 spiro atoms. The number of piperidine rings is 1. The number of hydrogen-bond donors (Lipinski definition) is 2. The summed E-state index contributed by atoms with van der Waals surface area (Å²) >= 11 is 0. The van der Waals surface area contributed by atoms with Gasteiger partial charge in [-0.15, -0.1) is 0 Å². The van der Waals surface area contributed by atoms with Gasteiger partial charge in [0.15, 0.2) is 6.29 Å². The molecular formula is C14H28N2O3. The standard InChI is InChI=1S/C14H28N2O3/c1-18-13(19-2)10-15-7-3-8-16-9-6-14(4-5-14)12(17)11-16/h12-13,15,17H,3-11H2,1-2H3/t12-/m1/s1. The molecule has 1 atom stereocenters. The number of nitrogens with one attached hydrogen (secondary N) is 1. The summed E-state index contributed by atoms with van der Waals surface area (Å²) in [6.07, 6.45) is 4.49. The molecule has 0 aromatic carbocycles. The number of nitrogens with zero attached hydrogens (tertiary/aromatic N) is 1. The highest BCUT2D eigenvalue weighted by atomic mass is 16.7. The van der Waals surface area contributed by atoms with Gasteiger partial charge in [-0.25, -0.2) is 0 Å². The Morgan fingerprint density at radius 2 is 2.05 bits per heavy atom. The zero-order valence-electron chi connectivity index (χ0n) is 12.2. The van der Waals surface area contributed by atoms with Crippen molar-refractivity contribution < 1.29 is 14.6 Å². The van der Waals surface area contributed by atoms with Gasteiger partial charge in [0.1, 0.15) is 0 Å². The number of likely N-dealkylation sites (tertiary alicyclic amines) is 1. The van der Waals surface area contributed by atoms with Gasteiger partial charge < -0.3 is 24.8 Å². The maximum absolute atomic E-state index is 10.1. The van der Waals surface area contributed by atoms with Gasteiger partial charge in [0.05, 0.1) is 6.10 Å². The first-order valence-electron chi connectivity index (χ1n) is 7.37. The summed E-state index contributed by atoms with van der Waals surface area (Å²) in [7, 11) is 3.30. The summed E-state index contributed by atoms with van der Waals surface area (Å²) in [5.41, 5.74) is 0.318. The number of β-amino-alcohol motifs (C(OH)–C–C–N with tert-alkyl or cyclic N) is 1. The lowest BCUT2D eigenvalue weighted by Crippen LogP contribution is -2.45. The van der Waals surface area contributed by atoms with Crippen molar-refractivity contribution in [1.82, 2.24) is 10.2 Å². The van der Waals surface area contributed by atoms with Crippen LogP contribution in [-0.4, -0.2) is 69.3 Å². The van der Waals surface area contributed by atoms with E-state index in [4.69, 9.17) is 9.47 Å². The average Bonchev–Trinajstić information content (AvgIpc) is 3.19. The lowest BCUT2D eigenvalue weighted by molar-refractivity contribution is -0.0987. The van der Waals surface area contributed by atoms with Crippen LogP contribution in [0.15, 0.2) is 0 Å². The molecule has 112 valence electrons. The van der Waals surface area contributed by atoms with Crippen LogP contribution >= 0.6 is 0 Å². The molecule has 2 fully saturated rings. The van der Waals surface area contributed by atoms with Crippen LogP contribution in [0.3, 0.4) is 0 Å². The van der Waals surface area contributed by atoms with E-state index in [9.17, 15) is 5.11 Å². The highest BCUT2D eigenvalue weighted by molar-refractivity contribution is 5.02. The van der Waals surface area contributed by atoms with Crippen molar-refractivity contribution in [2.45, 2.75) is 38.1 Å². The van der Waals surface area contributed by atoms with Crippen LogP contribution in [0, 0.1) is 5.41 Å². The van der Waals surface area contributed by atoms with Crippen LogP contribution in [0.1, 0.15) is 25.7 Å². The molecule has 0 unspecified atom stereocenters. The van der Waals surface area contributed by atoms with E-state index < -0.39 is 0 Å². The normalized spacial score (nSPS) is 26.2. The lowest BCUT2D eigenvalue weighted by atomic mass is 9.90. The van der Waals surface area contributed by atoms with Gasteiger partial charge >= 0.3 is 0 Å². The number of rotatable bonds is 8. The Morgan fingerprint density at radius 3 is 2.63 bits per heavy atom. The maximum Gasteiger partial charge on any atom is 0.169 e. The number of ether oxygens (including phenoxy) is 2. The zero-order valence-corrected chi connectivity index (χ0v) is 12.2. The largest absolute Gasteiger partial charge is 0.391 e. The van der Waals surface area contributed by atoms with E-state index >= 15 is 0 Å². The Bertz CT molecular complexity index is 267. The Hall–Kier alpha value is -0.200. The van der Waals surface area contributed by atoms with E-state index in [1.807, 2.05) is 0 Å². The number of hydrogen-bond acceptors (Lipinski definition) is 5. The summed E-state index contributed by atoms with van der Waals surface area (Å²) in [5, 5.41) is 13.4. The minimum Gasteiger partial charge on any atom is -0.391 e. The molecular weight excluding hydrogens is 244 g/mol. The van der Waals surface area contributed by atoms with E-state index in [1.165, 1.54) is 19.3 Å². The molecule has 2 aliphatic rings. The van der Waals surface area contributed by atoms with E-state index in [1.54, 1.807) is 14.2 Å². The minimum atomic E-state index is -0.161. The summed E-state index contributed by atoms with van der Waals surface area (Å²) in [6.45, 7) is 4.75. The molecule has 2 N–H and O–H groups in total. The van der Waals surface area contributed by atoms with Gasteiger partial charge in [-0.05, 0) is 50.7 Å². The smallest absolute Gasteiger partial charge is 0.169 e. The van der Waals surface area contributed by atoms with Gasteiger partial charge in [0.2, 0.25) is 0 Å². The van der Waals surface area contributed by atoms with Crippen LogP contribution in [0.4, 0.5) is 0 Å². The molecule has 1 aliphatic carbocycles. The van der Waals surface area contributed by atoms with Crippen LogP contribution in [-0.2, 0) is 9.47 Å². The fourth-order valence-electron chi connectivity index (χ4n) is 2.93. The Balaban J connectivity index is 1.52. The van der Waals surface area contributed by atoms with Crippen LogP contribution in [0.5, 0.6) is 0 Å². The highest BCUT2D eigenvalue weighted by Crippen LogP contribution is 2.53. The van der Waals surface area contributed by atoms with Crippen molar-refractivity contribution in [2.24, 2.45) is 5.41 Å². The number of methoxy groups -OCH3 is 2. The fraction of sp³-hybridized carbons (Fsp3) is 1.00. The Morgan fingerprint density at radius 1 is 1.32 bits per heavy atom. The van der Waals surface area contributed by atoms with Crippen molar-refractivity contribution in [3.05, 3.63) is 0 Å². The molecule has 2 rings (SSSR count). The predicted molar refractivity (Wildman–Crippen MR) is 74.0 cm³/mol. The average molecular weight is 272 g/mol. The first-order valence-corrected chi connectivity index (χ1v) is 7.37. The quantitative estimate of drug-likeness (QED) is 0.496. The third-order valence-corrected chi connectivity index (χ3v) is 4.62. The fourth-order valence-corrected chi connectivity index (χ4v) is 2.93. The topological polar surface area (TPSA) is 54.0 Å². The number of aliphatic hydroxyl groups excluding tert-OH is 1. The molecule has 0 bridgehead atoms. The van der Waals surface area contributed by atoms with Gasteiger partial charge in [-0.2, -0.15) is 0 Å². The van der Waals surface area contributed by atoms with Gasteiger partial charge in [0, 0.05) is 27.3 Å². The first kappa shape index (κ1) is 15.2. The van der Waals surface area contributed by atoms with E-state index in [0.29, 0.717) is 5.41 Å². The molecule has 0 radical (unpaired) electrons. The van der Waals surface area contributed by atoms with Crippen molar-refractivity contribution in [3.63, 3.8) is 0 Å². The molecule has 1 heterocycles. The molecule has 19 heavy (non-hydrogen) atoms. The monoisotopic (exact) mass is 272 g/mol. The maximum atomic E-state index is 10.1. The predicted octanol–water partition coefficient (Wildman–Crippen LogP) is 0.432. The summed E-state index contributed by atoms with van der Waals surface area (Å²) < 4.78 is 10.2. The lowest BCUT2D eigenvalue weighted by Gasteiger charge is -2.36. The Labute approximate surface area is 116 Å². The summed E-state index contributed by atoms with van der Waals surface area (Å²) in [4.78, 5) is 2.39. The zero-order chi connectivity index (χ0) is 13.7. The third-order valence-electron chi connectivity index (χ3n) is 4.62. The van der Waals surface area contributed by atoms with Gasteiger partial charge in [0.25, 0.3) is 0 Å². The first-order chi connectivity index (χ1) is 9.20. The molecule has 0 aromatic rings. The summed E-state index contributed by atoms with van der Waals surface area (Å²) in [5.74, 6) is 0. The van der Waals surface area contributed by atoms with Crippen LogP contribution < -0.4 is 5.32 Å². The second-order valence-corrected chi connectivity index (χ2v) is 5.89. The van der Waals surface area contributed by atoms with Crippen LogP contribution in [0.2, 0.25) is 0 Å². The Kier molecular flexibility index (Phi) is 5.59. The van der Waals surface area contributed by atoms with E-state index in [2.05, 4.69) is 10.2 Å². The molecule has 0 amide bonds. The second-order valence-electron chi connectivity index (χ2n) is 5.89. The van der Waals surface area contributed by atoms with Crippen molar-refractivity contribution >= 4 is 0 Å². The minimum absolute atomic E-state index is 0.0967. The van der Waals surface area contributed by atoms with Crippen molar-refractivity contribution in [1.29, 1.82) is 0 Å². The molecule has 5 heteroatoms. The molecule has 0 aromatic heterocycles. The van der Waals surface area contributed by atoms with Crippen LogP contribution in [0.25, 0.3) is 0 Å². The third kappa shape index (κ3) is 4.13. The molecule has 5 nitrogen and oxygen atoms in total. The molecule has 1 saturated carbocycles. The summed E-state index contributed by atoms with van der Waals surface area (Å²) in [6, 6.07) is 0. The van der Waals surface area contributed by atoms with E-state index in [-0.39, 0.29) is 12.4 Å². The molecule has 1 aliphatic heterocycles. The van der Waals surface area contributed by atoms with E-state index in [0.717, 1.165) is 39.1 Å². The van der Waals surface area contributed by atoms with Gasteiger partial charge in [-0.1, -0.05) is 0 Å². The second kappa shape index (κ2) is 6.99. The van der Waals surface area contributed by atoms with Gasteiger partial charge in [-0.3, -0.25) is 0 Å². The highest BCUT2D eigenvalue weighted by Gasteiger charge is 2.50. The van der Waals surface area contributed by atoms with Crippen molar-refractivity contribution in [2.75, 3.05) is 46.9 Å². The molecule has 1 saturated heterocycles. The number of aliphatic hydroxyl groups is 1.